The van der Waals surface area contributed by atoms with E-state index >= 15 is 0 Å². The molecule has 0 unspecified atom stereocenters. The monoisotopic (exact) mass is 325 g/mol. The van der Waals surface area contributed by atoms with Crippen molar-refractivity contribution < 1.29 is 4.74 Å². The van der Waals surface area contributed by atoms with E-state index in [2.05, 4.69) is 26.6 Å². The van der Waals surface area contributed by atoms with Crippen molar-refractivity contribution in [3.05, 3.63) is 45.4 Å². The maximum absolute atomic E-state index is 6.39. The lowest BCUT2D eigenvalue weighted by molar-refractivity contribution is 0.199. The Kier molecular flexibility index (Phi) is 6.45. The van der Waals surface area contributed by atoms with Crippen LogP contribution in [0.2, 0.25) is 5.02 Å². The fraction of sp³-hybridized carbons (Fsp3) is 0.400. The molecule has 0 saturated heterocycles. The van der Waals surface area contributed by atoms with Crippen LogP contribution in [0.15, 0.2) is 29.1 Å². The van der Waals surface area contributed by atoms with Crippen LogP contribution >= 0.6 is 22.9 Å². The molecule has 4 nitrogen and oxygen atoms in total. The molecule has 0 aliphatic carbocycles. The molecule has 6 heteroatoms. The van der Waals surface area contributed by atoms with Gasteiger partial charge in [0.1, 0.15) is 0 Å². The van der Waals surface area contributed by atoms with E-state index in [1.807, 2.05) is 24.7 Å². The molecule has 1 heterocycles. The average molecular weight is 326 g/mol. The first kappa shape index (κ1) is 16.2. The number of methoxy groups -OCH3 is 1. The van der Waals surface area contributed by atoms with E-state index < -0.39 is 0 Å². The number of rotatable bonds is 8. The predicted octanol–water partition coefficient (Wildman–Crippen LogP) is 3.17. The number of aromatic nitrogens is 1. The van der Waals surface area contributed by atoms with Crippen molar-refractivity contribution in [2.75, 3.05) is 32.2 Å². The van der Waals surface area contributed by atoms with Crippen molar-refractivity contribution in [3.8, 4) is 0 Å². The van der Waals surface area contributed by atoms with Crippen LogP contribution in [0.3, 0.4) is 0 Å². The fourth-order valence-electron chi connectivity index (χ4n) is 2.17. The fourth-order valence-corrected chi connectivity index (χ4v) is 3.05. The van der Waals surface area contributed by atoms with E-state index in [1.165, 1.54) is 5.56 Å². The second-order valence-electron chi connectivity index (χ2n) is 4.75. The number of nitrogens with one attached hydrogen (secondary N) is 1. The Morgan fingerprint density at radius 1 is 1.43 bits per heavy atom. The molecule has 0 bridgehead atoms. The molecule has 1 N–H and O–H groups in total. The molecule has 2 rings (SSSR count). The summed E-state index contributed by atoms with van der Waals surface area (Å²) in [5.41, 5.74) is 5.14. The first-order valence-electron chi connectivity index (χ1n) is 6.77. The summed E-state index contributed by atoms with van der Waals surface area (Å²) in [7, 11) is 3.74. The van der Waals surface area contributed by atoms with Crippen LogP contribution in [0.4, 0.5) is 5.69 Å². The van der Waals surface area contributed by atoms with Crippen molar-refractivity contribution in [3.63, 3.8) is 0 Å². The van der Waals surface area contributed by atoms with Gasteiger partial charge < -0.3 is 15.0 Å². The molecule has 21 heavy (non-hydrogen) atoms. The number of benzene rings is 1. The lowest BCUT2D eigenvalue weighted by Gasteiger charge is -2.23. The van der Waals surface area contributed by atoms with Crippen LogP contribution in [0.25, 0.3) is 0 Å². The third-order valence-electron chi connectivity index (χ3n) is 3.13. The van der Waals surface area contributed by atoms with Crippen LogP contribution in [-0.4, -0.2) is 32.3 Å². The highest BCUT2D eigenvalue weighted by Gasteiger charge is 2.12. The average Bonchev–Trinajstić information content (AvgIpc) is 2.96. The van der Waals surface area contributed by atoms with Gasteiger partial charge in [0.25, 0.3) is 0 Å². The second-order valence-corrected chi connectivity index (χ2v) is 5.88. The Bertz CT molecular complexity index is 548. The number of para-hydroxylation sites is 1. The second kappa shape index (κ2) is 8.34. The van der Waals surface area contributed by atoms with Gasteiger partial charge in [-0.1, -0.05) is 23.7 Å². The molecule has 0 radical (unpaired) electrons. The molecule has 2 aromatic rings. The Balaban J connectivity index is 2.09. The van der Waals surface area contributed by atoms with Crippen LogP contribution in [0, 0.1) is 0 Å². The normalized spacial score (nSPS) is 10.8. The molecule has 0 spiro atoms. The summed E-state index contributed by atoms with van der Waals surface area (Å²) in [6.07, 6.45) is 0. The van der Waals surface area contributed by atoms with Crippen molar-refractivity contribution in [1.29, 1.82) is 0 Å². The zero-order valence-corrected chi connectivity index (χ0v) is 13.9. The summed E-state index contributed by atoms with van der Waals surface area (Å²) >= 11 is 8.00. The standard InChI is InChI=1S/C15H20ClN3OS/c1-19(9-13-10-21-11-18-13)15-12(4-3-5-14(15)16)8-17-6-7-20-2/h3-5,10-11,17H,6-9H2,1-2H3. The summed E-state index contributed by atoms with van der Waals surface area (Å²) in [4.78, 5) is 6.47. The van der Waals surface area contributed by atoms with Crippen LogP contribution in [0.1, 0.15) is 11.3 Å². The lowest BCUT2D eigenvalue weighted by Crippen LogP contribution is -2.23. The van der Waals surface area contributed by atoms with Gasteiger partial charge in [-0.2, -0.15) is 0 Å². The van der Waals surface area contributed by atoms with E-state index in [4.69, 9.17) is 16.3 Å². The molecule has 0 aliphatic rings. The molecule has 1 aromatic carbocycles. The maximum atomic E-state index is 6.39. The Labute approximate surface area is 134 Å². The minimum atomic E-state index is 0.699. The molecular formula is C15H20ClN3OS. The topological polar surface area (TPSA) is 37.4 Å². The number of thiazole rings is 1. The van der Waals surface area contributed by atoms with Crippen molar-refractivity contribution in [1.82, 2.24) is 10.3 Å². The highest BCUT2D eigenvalue weighted by atomic mass is 35.5. The van der Waals surface area contributed by atoms with Gasteiger partial charge in [-0.15, -0.1) is 11.3 Å². The lowest BCUT2D eigenvalue weighted by atomic mass is 10.1. The summed E-state index contributed by atoms with van der Waals surface area (Å²) in [6, 6.07) is 6.00. The van der Waals surface area contributed by atoms with Crippen molar-refractivity contribution >= 4 is 28.6 Å². The highest BCUT2D eigenvalue weighted by Crippen LogP contribution is 2.30. The Morgan fingerprint density at radius 2 is 2.29 bits per heavy atom. The van der Waals surface area contributed by atoms with Crippen LogP contribution < -0.4 is 10.2 Å². The van der Waals surface area contributed by atoms with Gasteiger partial charge in [0.15, 0.2) is 0 Å². The highest BCUT2D eigenvalue weighted by molar-refractivity contribution is 7.07. The number of hydrogen-bond acceptors (Lipinski definition) is 5. The summed E-state index contributed by atoms with van der Waals surface area (Å²) in [5, 5.41) is 6.18. The number of anilines is 1. The number of nitrogens with zero attached hydrogens (tertiary/aromatic N) is 2. The van der Waals surface area contributed by atoms with Crippen molar-refractivity contribution in [2.24, 2.45) is 0 Å². The molecule has 0 atom stereocenters. The van der Waals surface area contributed by atoms with Gasteiger partial charge in [0.05, 0.1) is 35.1 Å². The minimum Gasteiger partial charge on any atom is -0.383 e. The van der Waals surface area contributed by atoms with Gasteiger partial charge in [0.2, 0.25) is 0 Å². The number of hydrogen-bond donors (Lipinski definition) is 1. The van der Waals surface area contributed by atoms with E-state index in [0.717, 1.165) is 36.0 Å². The number of ether oxygens (including phenoxy) is 1. The first-order chi connectivity index (χ1) is 10.2. The Morgan fingerprint density at radius 3 is 3.00 bits per heavy atom. The maximum Gasteiger partial charge on any atom is 0.0795 e. The van der Waals surface area contributed by atoms with Gasteiger partial charge in [-0.3, -0.25) is 0 Å². The third kappa shape index (κ3) is 4.68. The predicted molar refractivity (Wildman–Crippen MR) is 89.3 cm³/mol. The van der Waals surface area contributed by atoms with Crippen molar-refractivity contribution in [2.45, 2.75) is 13.1 Å². The quantitative estimate of drug-likeness (QED) is 0.756. The zero-order chi connectivity index (χ0) is 15.1. The van der Waals surface area contributed by atoms with E-state index in [1.54, 1.807) is 18.4 Å². The zero-order valence-electron chi connectivity index (χ0n) is 12.3. The summed E-state index contributed by atoms with van der Waals surface area (Å²) in [6.45, 7) is 3.03. The van der Waals surface area contributed by atoms with E-state index in [-0.39, 0.29) is 0 Å². The van der Waals surface area contributed by atoms with E-state index in [0.29, 0.717) is 6.61 Å². The van der Waals surface area contributed by atoms with Gasteiger partial charge in [-0.05, 0) is 11.6 Å². The summed E-state index contributed by atoms with van der Waals surface area (Å²) < 4.78 is 5.05. The molecular weight excluding hydrogens is 306 g/mol. The SMILES string of the molecule is COCCNCc1cccc(Cl)c1N(C)Cc1cscn1. The Hall–Kier alpha value is -1.14. The van der Waals surface area contributed by atoms with Crippen LogP contribution in [0.5, 0.6) is 0 Å². The third-order valence-corrected chi connectivity index (χ3v) is 4.07. The smallest absolute Gasteiger partial charge is 0.0795 e. The molecule has 1 aromatic heterocycles. The molecule has 0 amide bonds. The van der Waals surface area contributed by atoms with Gasteiger partial charge in [0, 0.05) is 32.6 Å². The van der Waals surface area contributed by atoms with Crippen LogP contribution in [-0.2, 0) is 17.8 Å². The van der Waals surface area contributed by atoms with Gasteiger partial charge >= 0.3 is 0 Å². The molecule has 0 aliphatic heterocycles. The first-order valence-corrected chi connectivity index (χ1v) is 8.09. The molecule has 0 saturated carbocycles. The van der Waals surface area contributed by atoms with E-state index in [9.17, 15) is 0 Å². The summed E-state index contributed by atoms with van der Waals surface area (Å²) in [5.74, 6) is 0. The largest absolute Gasteiger partial charge is 0.383 e. The molecule has 114 valence electrons. The number of halogens is 1. The van der Waals surface area contributed by atoms with Gasteiger partial charge in [-0.25, -0.2) is 4.98 Å². The molecule has 0 fully saturated rings. The minimum absolute atomic E-state index is 0.699.